The van der Waals surface area contributed by atoms with E-state index in [0.29, 0.717) is 0 Å². The van der Waals surface area contributed by atoms with Crippen LogP contribution in [0.1, 0.15) is 11.1 Å². The summed E-state index contributed by atoms with van der Waals surface area (Å²) >= 11 is 0. The molecule has 0 spiro atoms. The molecule has 1 fully saturated rings. The van der Waals surface area contributed by atoms with Gasteiger partial charge in [-0.05, 0) is 11.1 Å². The van der Waals surface area contributed by atoms with Gasteiger partial charge in [0.2, 0.25) is 0 Å². The molecule has 17 heavy (non-hydrogen) atoms. The van der Waals surface area contributed by atoms with Crippen LogP contribution in [0.3, 0.4) is 0 Å². The fourth-order valence-corrected chi connectivity index (χ4v) is 1.63. The third-order valence-corrected chi connectivity index (χ3v) is 2.60. The van der Waals surface area contributed by atoms with Crippen LogP contribution in [0.2, 0.25) is 0 Å². The van der Waals surface area contributed by atoms with Gasteiger partial charge in [0.15, 0.2) is 0 Å². The van der Waals surface area contributed by atoms with Crippen LogP contribution in [-0.2, 0) is 27.5 Å². The zero-order valence-corrected chi connectivity index (χ0v) is 9.26. The van der Waals surface area contributed by atoms with E-state index >= 15 is 0 Å². The van der Waals surface area contributed by atoms with Crippen LogP contribution in [0, 0.1) is 0 Å². The zero-order chi connectivity index (χ0) is 12.3. The second-order valence-corrected chi connectivity index (χ2v) is 3.84. The maximum absolute atomic E-state index is 11.5. The molecule has 1 aromatic rings. The summed E-state index contributed by atoms with van der Waals surface area (Å²) in [6.45, 7) is 0.156. The van der Waals surface area contributed by atoms with Gasteiger partial charge in [0, 0.05) is 0 Å². The Kier molecular flexibility index (Phi) is 3.51. The van der Waals surface area contributed by atoms with Crippen molar-refractivity contribution >= 4 is 11.8 Å². The van der Waals surface area contributed by atoms with Gasteiger partial charge in [-0.15, -0.1) is 0 Å². The van der Waals surface area contributed by atoms with Gasteiger partial charge < -0.3 is 9.84 Å². The average molecular weight is 235 g/mol. The van der Waals surface area contributed by atoms with Gasteiger partial charge in [-0.2, -0.15) is 0 Å². The summed E-state index contributed by atoms with van der Waals surface area (Å²) in [4.78, 5) is 24.1. The van der Waals surface area contributed by atoms with E-state index in [2.05, 4.69) is 0 Å². The fraction of sp³-hybridized carbons (Fsp3) is 0.333. The highest BCUT2D eigenvalue weighted by Crippen LogP contribution is 2.10. The minimum Gasteiger partial charge on any atom is -0.392 e. The molecule has 5 nitrogen and oxygen atoms in total. The third kappa shape index (κ3) is 2.69. The van der Waals surface area contributed by atoms with E-state index < -0.39 is 0 Å². The quantitative estimate of drug-likeness (QED) is 0.752. The van der Waals surface area contributed by atoms with E-state index in [-0.39, 0.29) is 38.2 Å². The van der Waals surface area contributed by atoms with E-state index in [4.69, 9.17) is 9.84 Å². The maximum atomic E-state index is 11.5. The van der Waals surface area contributed by atoms with Crippen molar-refractivity contribution < 1.29 is 19.4 Å². The number of amides is 2. The monoisotopic (exact) mass is 235 g/mol. The zero-order valence-electron chi connectivity index (χ0n) is 9.26. The van der Waals surface area contributed by atoms with Crippen LogP contribution in [0.5, 0.6) is 0 Å². The first-order valence-corrected chi connectivity index (χ1v) is 5.30. The third-order valence-electron chi connectivity index (χ3n) is 2.60. The summed E-state index contributed by atoms with van der Waals surface area (Å²) in [6, 6.07) is 7.12. The van der Waals surface area contributed by atoms with E-state index in [0.717, 1.165) is 11.1 Å². The molecule has 5 heteroatoms. The van der Waals surface area contributed by atoms with Crippen molar-refractivity contribution in [2.45, 2.75) is 13.2 Å². The molecule has 0 aliphatic carbocycles. The molecule has 1 saturated heterocycles. The summed E-state index contributed by atoms with van der Waals surface area (Å²) in [5.74, 6) is -0.625. The van der Waals surface area contributed by atoms with Gasteiger partial charge in [0.25, 0.3) is 11.8 Å². The highest BCUT2D eigenvalue weighted by Gasteiger charge is 2.26. The van der Waals surface area contributed by atoms with Gasteiger partial charge in [-0.25, -0.2) is 0 Å². The van der Waals surface area contributed by atoms with Crippen molar-refractivity contribution in [3.05, 3.63) is 35.4 Å². The molecule has 1 aliphatic rings. The van der Waals surface area contributed by atoms with Crippen molar-refractivity contribution in [3.63, 3.8) is 0 Å². The van der Waals surface area contributed by atoms with Gasteiger partial charge >= 0.3 is 0 Å². The first-order valence-electron chi connectivity index (χ1n) is 5.30. The Hall–Kier alpha value is -1.72. The minimum absolute atomic E-state index is 0.0182. The minimum atomic E-state index is -0.313. The van der Waals surface area contributed by atoms with Crippen molar-refractivity contribution in [2.24, 2.45) is 0 Å². The standard InChI is InChI=1S/C12H13NO4/c14-6-10-3-1-9(2-4-10)5-13-11(15)7-17-8-12(13)16/h1-4,14H,5-8H2. The van der Waals surface area contributed by atoms with Crippen LogP contribution >= 0.6 is 0 Å². The summed E-state index contributed by atoms with van der Waals surface area (Å²) in [6.07, 6.45) is 0. The van der Waals surface area contributed by atoms with E-state index in [9.17, 15) is 9.59 Å². The smallest absolute Gasteiger partial charge is 0.255 e. The molecule has 1 aromatic carbocycles. The molecule has 0 atom stereocenters. The first-order chi connectivity index (χ1) is 8.20. The van der Waals surface area contributed by atoms with Crippen LogP contribution in [0.4, 0.5) is 0 Å². The SMILES string of the molecule is O=C1COCC(=O)N1Cc1ccc(CO)cc1. The summed E-state index contributed by atoms with van der Waals surface area (Å²) in [5.41, 5.74) is 1.65. The normalized spacial score (nSPS) is 16.4. The number of carbonyl (C=O) groups is 2. The number of hydrogen-bond acceptors (Lipinski definition) is 4. The molecule has 2 rings (SSSR count). The van der Waals surface area contributed by atoms with Gasteiger partial charge in [-0.3, -0.25) is 14.5 Å². The second kappa shape index (κ2) is 5.07. The summed E-state index contributed by atoms with van der Waals surface area (Å²) in [5, 5.41) is 8.90. The summed E-state index contributed by atoms with van der Waals surface area (Å²) in [7, 11) is 0. The van der Waals surface area contributed by atoms with Crippen molar-refractivity contribution in [3.8, 4) is 0 Å². The Balaban J connectivity index is 2.08. The molecule has 2 amide bonds. The molecule has 0 radical (unpaired) electrons. The molecule has 1 N–H and O–H groups in total. The number of rotatable bonds is 3. The number of imide groups is 1. The topological polar surface area (TPSA) is 66.8 Å². The Labute approximate surface area is 98.6 Å². The van der Waals surface area contributed by atoms with Crippen LogP contribution in [-0.4, -0.2) is 35.0 Å². The lowest BCUT2D eigenvalue weighted by atomic mass is 10.1. The average Bonchev–Trinajstić information content (AvgIpc) is 2.35. The largest absolute Gasteiger partial charge is 0.392 e. The highest BCUT2D eigenvalue weighted by atomic mass is 16.5. The van der Waals surface area contributed by atoms with Crippen LogP contribution in [0.15, 0.2) is 24.3 Å². The highest BCUT2D eigenvalue weighted by molar-refractivity contribution is 5.98. The molecule has 0 bridgehead atoms. The van der Waals surface area contributed by atoms with E-state index in [1.807, 2.05) is 0 Å². The Morgan fingerprint density at radius 2 is 1.59 bits per heavy atom. The number of nitrogens with zero attached hydrogens (tertiary/aromatic N) is 1. The molecule has 1 aliphatic heterocycles. The molecule has 90 valence electrons. The predicted octanol–water partition coefficient (Wildman–Crippen LogP) is 0.0643. The number of aliphatic hydroxyl groups excluding tert-OH is 1. The lowest BCUT2D eigenvalue weighted by Gasteiger charge is -2.24. The van der Waals surface area contributed by atoms with E-state index in [1.54, 1.807) is 24.3 Å². The molecule has 0 unspecified atom stereocenters. The van der Waals surface area contributed by atoms with Crippen molar-refractivity contribution in [1.29, 1.82) is 0 Å². The number of benzene rings is 1. The van der Waals surface area contributed by atoms with Gasteiger partial charge in [-0.1, -0.05) is 24.3 Å². The second-order valence-electron chi connectivity index (χ2n) is 3.84. The maximum Gasteiger partial charge on any atom is 0.255 e. The molecule has 1 heterocycles. The number of hydrogen-bond donors (Lipinski definition) is 1. The number of ether oxygens (including phenoxy) is 1. The summed E-state index contributed by atoms with van der Waals surface area (Å²) < 4.78 is 4.82. The Morgan fingerprint density at radius 1 is 1.06 bits per heavy atom. The molecular weight excluding hydrogens is 222 g/mol. The number of aliphatic hydroxyl groups is 1. The van der Waals surface area contributed by atoms with Gasteiger partial charge in [0.1, 0.15) is 13.2 Å². The first kappa shape index (κ1) is 11.8. The van der Waals surface area contributed by atoms with Crippen molar-refractivity contribution in [2.75, 3.05) is 13.2 Å². The lowest BCUT2D eigenvalue weighted by Crippen LogP contribution is -2.45. The van der Waals surface area contributed by atoms with Crippen LogP contribution in [0.25, 0.3) is 0 Å². The Morgan fingerprint density at radius 3 is 2.12 bits per heavy atom. The Bertz CT molecular complexity index is 411. The number of carbonyl (C=O) groups excluding carboxylic acids is 2. The molecule has 0 aromatic heterocycles. The fourth-order valence-electron chi connectivity index (χ4n) is 1.63. The molecular formula is C12H13NO4. The van der Waals surface area contributed by atoms with Crippen LogP contribution < -0.4 is 0 Å². The lowest BCUT2D eigenvalue weighted by molar-refractivity contribution is -0.159. The predicted molar refractivity (Wildman–Crippen MR) is 58.7 cm³/mol. The van der Waals surface area contributed by atoms with E-state index in [1.165, 1.54) is 4.90 Å². The number of morpholine rings is 1. The van der Waals surface area contributed by atoms with Gasteiger partial charge in [0.05, 0.1) is 13.2 Å². The molecule has 0 saturated carbocycles. The van der Waals surface area contributed by atoms with Crippen molar-refractivity contribution in [1.82, 2.24) is 4.90 Å².